The van der Waals surface area contributed by atoms with Crippen LogP contribution in [0.3, 0.4) is 0 Å². The number of carbonyl (C=O) groups is 2. The van der Waals surface area contributed by atoms with Crippen LogP contribution in [-0.2, 0) is 9.59 Å². The molecule has 1 aromatic carbocycles. The van der Waals surface area contributed by atoms with Crippen molar-refractivity contribution in [1.29, 1.82) is 0 Å². The van der Waals surface area contributed by atoms with Crippen LogP contribution in [0, 0.1) is 0 Å². The van der Waals surface area contributed by atoms with Gasteiger partial charge >= 0.3 is 7.69 Å². The molecule has 1 rings (SSSR count). The van der Waals surface area contributed by atoms with Crippen LogP contribution in [0.5, 0.6) is 5.75 Å². The highest BCUT2D eigenvalue weighted by molar-refractivity contribution is 6.18. The molecule has 0 unspecified atom stereocenters. The lowest BCUT2D eigenvalue weighted by Gasteiger charge is -2.14. The number of para-hydroxylation sites is 1. The number of hydrogen-bond acceptors (Lipinski definition) is 4. The molecule has 0 atom stereocenters. The first kappa shape index (κ1) is 13.1. The molecule has 0 aliphatic carbocycles. The van der Waals surface area contributed by atoms with Gasteiger partial charge in [0.2, 0.25) is 11.8 Å². The van der Waals surface area contributed by atoms with Crippen molar-refractivity contribution in [2.24, 2.45) is 0 Å². The molecule has 89 valence electrons. The van der Waals surface area contributed by atoms with Crippen molar-refractivity contribution < 1.29 is 19.3 Å². The van der Waals surface area contributed by atoms with E-state index in [0.717, 1.165) is 0 Å². The molecule has 0 saturated heterocycles. The van der Waals surface area contributed by atoms with Gasteiger partial charge in [0.15, 0.2) is 0 Å². The van der Waals surface area contributed by atoms with E-state index in [1.165, 1.54) is 13.8 Å². The maximum absolute atomic E-state index is 11.0. The van der Waals surface area contributed by atoms with E-state index >= 15 is 0 Å². The van der Waals surface area contributed by atoms with Gasteiger partial charge in [-0.15, -0.1) is 0 Å². The molecule has 0 bridgehead atoms. The quantitative estimate of drug-likeness (QED) is 0.663. The SMILES string of the molecule is CC(=O)Nc1cccc(NC(C)=O)c1O[B]O. The molecule has 6 nitrogen and oxygen atoms in total. The fourth-order valence-corrected chi connectivity index (χ4v) is 1.29. The van der Waals surface area contributed by atoms with E-state index < -0.39 is 0 Å². The Morgan fingerprint density at radius 3 is 2.00 bits per heavy atom. The van der Waals surface area contributed by atoms with Crippen molar-refractivity contribution in [3.63, 3.8) is 0 Å². The smallest absolute Gasteiger partial charge is 0.534 e. The van der Waals surface area contributed by atoms with E-state index in [0.29, 0.717) is 19.1 Å². The predicted octanol–water partition coefficient (Wildman–Crippen LogP) is 0.509. The van der Waals surface area contributed by atoms with Gasteiger partial charge in [0, 0.05) is 13.8 Å². The zero-order chi connectivity index (χ0) is 12.8. The van der Waals surface area contributed by atoms with E-state index in [-0.39, 0.29) is 17.6 Å². The number of benzene rings is 1. The lowest BCUT2D eigenvalue weighted by molar-refractivity contribution is -0.115. The molecule has 0 aromatic heterocycles. The van der Waals surface area contributed by atoms with Gasteiger partial charge in [-0.25, -0.2) is 0 Å². The van der Waals surface area contributed by atoms with Crippen molar-refractivity contribution in [2.75, 3.05) is 10.6 Å². The second-order valence-electron chi connectivity index (χ2n) is 3.27. The highest BCUT2D eigenvalue weighted by atomic mass is 16.5. The van der Waals surface area contributed by atoms with Gasteiger partial charge in [-0.2, -0.15) is 0 Å². The normalized spacial score (nSPS) is 9.35. The van der Waals surface area contributed by atoms with Crippen molar-refractivity contribution in [1.82, 2.24) is 0 Å². The van der Waals surface area contributed by atoms with E-state index in [1.807, 2.05) is 0 Å². The first-order valence-corrected chi connectivity index (χ1v) is 4.85. The largest absolute Gasteiger partial charge is 0.569 e. The maximum atomic E-state index is 11.0. The number of hydrogen-bond donors (Lipinski definition) is 3. The van der Waals surface area contributed by atoms with Crippen LogP contribution in [0.4, 0.5) is 11.4 Å². The van der Waals surface area contributed by atoms with Crippen molar-refractivity contribution in [2.45, 2.75) is 13.8 Å². The third kappa shape index (κ3) is 3.80. The summed E-state index contributed by atoms with van der Waals surface area (Å²) in [5, 5.41) is 13.7. The van der Waals surface area contributed by atoms with Crippen LogP contribution in [0.15, 0.2) is 18.2 Å². The number of anilines is 2. The Morgan fingerprint density at radius 2 is 1.65 bits per heavy atom. The Bertz CT molecular complexity index is 402. The number of nitrogens with one attached hydrogen (secondary N) is 2. The zero-order valence-electron chi connectivity index (χ0n) is 9.48. The molecule has 3 N–H and O–H groups in total. The summed E-state index contributed by atoms with van der Waals surface area (Å²) < 4.78 is 4.87. The molecule has 1 aromatic rings. The molecular weight excluding hydrogens is 223 g/mol. The average molecular weight is 235 g/mol. The van der Waals surface area contributed by atoms with E-state index in [9.17, 15) is 9.59 Å². The topological polar surface area (TPSA) is 87.7 Å². The second-order valence-corrected chi connectivity index (χ2v) is 3.27. The Kier molecular flexibility index (Phi) is 4.53. The highest BCUT2D eigenvalue weighted by Gasteiger charge is 2.12. The number of rotatable bonds is 4. The minimum atomic E-state index is -0.284. The Morgan fingerprint density at radius 1 is 1.18 bits per heavy atom. The maximum Gasteiger partial charge on any atom is 0.569 e. The first-order valence-electron chi connectivity index (χ1n) is 4.85. The van der Waals surface area contributed by atoms with Gasteiger partial charge in [0.1, 0.15) is 5.75 Å². The van der Waals surface area contributed by atoms with E-state index in [1.54, 1.807) is 18.2 Å². The van der Waals surface area contributed by atoms with Gasteiger partial charge in [0.05, 0.1) is 11.4 Å². The minimum absolute atomic E-state index is 0.167. The summed E-state index contributed by atoms with van der Waals surface area (Å²) in [6.45, 7) is 2.69. The molecule has 0 aliphatic rings. The molecular formula is C10H12BN2O4. The summed E-state index contributed by atoms with van der Waals surface area (Å²) >= 11 is 0. The van der Waals surface area contributed by atoms with E-state index in [2.05, 4.69) is 10.6 Å². The Labute approximate surface area is 99.3 Å². The third-order valence-electron chi connectivity index (χ3n) is 1.81. The molecule has 1 radical (unpaired) electrons. The molecule has 0 heterocycles. The summed E-state index contributed by atoms with van der Waals surface area (Å²) in [4.78, 5) is 22.0. The Hall–Kier alpha value is -2.02. The van der Waals surface area contributed by atoms with Gasteiger partial charge in [0.25, 0.3) is 0 Å². The summed E-state index contributed by atoms with van der Waals surface area (Å²) in [6.07, 6.45) is 0. The van der Waals surface area contributed by atoms with Gasteiger partial charge in [-0.05, 0) is 12.1 Å². The van der Waals surface area contributed by atoms with Crippen molar-refractivity contribution in [3.8, 4) is 5.75 Å². The van der Waals surface area contributed by atoms with Crippen LogP contribution in [0.1, 0.15) is 13.8 Å². The van der Waals surface area contributed by atoms with Crippen LogP contribution in [0.2, 0.25) is 0 Å². The standard InChI is InChI=1S/C10H12BN2O4/c1-6(14)12-8-4-3-5-9(13-7(2)15)10(8)17-11-16/h3-5,16H,1-2H3,(H,12,14)(H,13,15). The van der Waals surface area contributed by atoms with E-state index in [4.69, 9.17) is 9.68 Å². The molecule has 0 fully saturated rings. The number of amides is 2. The second kappa shape index (κ2) is 5.90. The number of carbonyl (C=O) groups excluding carboxylic acids is 2. The predicted molar refractivity (Wildman–Crippen MR) is 63.7 cm³/mol. The summed E-state index contributed by atoms with van der Waals surface area (Å²) in [7, 11) is 0.478. The third-order valence-corrected chi connectivity index (χ3v) is 1.81. The summed E-state index contributed by atoms with van der Waals surface area (Å²) in [5.41, 5.74) is 0.711. The first-order chi connectivity index (χ1) is 8.04. The van der Waals surface area contributed by atoms with Gasteiger partial charge in [-0.3, -0.25) is 9.59 Å². The van der Waals surface area contributed by atoms with Crippen molar-refractivity contribution >= 4 is 30.9 Å². The van der Waals surface area contributed by atoms with Gasteiger partial charge in [-0.1, -0.05) is 6.07 Å². The van der Waals surface area contributed by atoms with Gasteiger partial charge < -0.3 is 20.3 Å². The average Bonchev–Trinajstić information content (AvgIpc) is 2.21. The fourth-order valence-electron chi connectivity index (χ4n) is 1.29. The van der Waals surface area contributed by atoms with Crippen LogP contribution < -0.4 is 15.3 Å². The molecule has 0 spiro atoms. The monoisotopic (exact) mass is 235 g/mol. The summed E-state index contributed by atoms with van der Waals surface area (Å²) in [6, 6.07) is 4.82. The fraction of sp³-hybridized carbons (Fsp3) is 0.200. The summed E-state index contributed by atoms with van der Waals surface area (Å²) in [5.74, 6) is -0.402. The molecule has 0 saturated carbocycles. The molecule has 17 heavy (non-hydrogen) atoms. The zero-order valence-corrected chi connectivity index (χ0v) is 9.48. The Balaban J connectivity index is 3.11. The molecule has 7 heteroatoms. The van der Waals surface area contributed by atoms with Crippen LogP contribution >= 0.6 is 0 Å². The van der Waals surface area contributed by atoms with Crippen LogP contribution in [0.25, 0.3) is 0 Å². The lowest BCUT2D eigenvalue weighted by Crippen LogP contribution is -2.13. The minimum Gasteiger partial charge on any atom is -0.534 e. The van der Waals surface area contributed by atoms with Crippen molar-refractivity contribution in [3.05, 3.63) is 18.2 Å². The molecule has 0 aliphatic heterocycles. The molecule has 2 amide bonds. The highest BCUT2D eigenvalue weighted by Crippen LogP contribution is 2.33. The lowest BCUT2D eigenvalue weighted by atomic mass is 10.2. The van der Waals surface area contributed by atoms with Crippen LogP contribution in [-0.4, -0.2) is 24.5 Å².